The highest BCUT2D eigenvalue weighted by Crippen LogP contribution is 2.42. The molecular weight excluding hydrogens is 386 g/mol. The van der Waals surface area contributed by atoms with Gasteiger partial charge in [0.05, 0.1) is 12.7 Å². The van der Waals surface area contributed by atoms with Gasteiger partial charge in [0, 0.05) is 6.54 Å². The van der Waals surface area contributed by atoms with Crippen LogP contribution in [0.4, 0.5) is 0 Å². The van der Waals surface area contributed by atoms with Gasteiger partial charge in [0.15, 0.2) is 0 Å². The molecule has 0 heterocycles. The number of methoxy groups -OCH3 is 1. The highest BCUT2D eigenvalue weighted by atomic mass is 35.5. The number of hydrogen-bond acceptors (Lipinski definition) is 3. The third-order valence-corrected chi connectivity index (χ3v) is 5.51. The lowest BCUT2D eigenvalue weighted by atomic mass is 9.73. The number of nitrogens with zero attached hydrogens (tertiary/aromatic N) is 1. The van der Waals surface area contributed by atoms with Crippen molar-refractivity contribution in [3.05, 3.63) is 70.8 Å². The molecule has 4 nitrogen and oxygen atoms in total. The van der Waals surface area contributed by atoms with Crippen molar-refractivity contribution >= 4 is 24.5 Å². The molecule has 156 valence electrons. The zero-order valence-electron chi connectivity index (χ0n) is 17.3. The maximum Gasteiger partial charge on any atom is 0.335 e. The molecule has 0 radical (unpaired) electrons. The van der Waals surface area contributed by atoms with E-state index >= 15 is 0 Å². The number of carboxylic acids is 1. The van der Waals surface area contributed by atoms with Gasteiger partial charge in [-0.15, -0.1) is 12.4 Å². The molecule has 5 heteroatoms. The maximum atomic E-state index is 11.3. The number of carboxylic acid groups (broad SMARTS) is 1. The summed E-state index contributed by atoms with van der Waals surface area (Å²) in [4.78, 5) is 13.5. The van der Waals surface area contributed by atoms with Gasteiger partial charge in [-0.1, -0.05) is 35.9 Å². The third kappa shape index (κ3) is 6.09. The number of benzene rings is 2. The molecule has 0 aromatic heterocycles. The van der Waals surface area contributed by atoms with E-state index in [0.29, 0.717) is 17.4 Å². The predicted molar refractivity (Wildman–Crippen MR) is 120 cm³/mol. The number of allylic oxidation sites excluding steroid dienone is 1. The maximum absolute atomic E-state index is 11.3. The van der Waals surface area contributed by atoms with Crippen LogP contribution in [0.5, 0.6) is 5.75 Å². The van der Waals surface area contributed by atoms with E-state index in [1.54, 1.807) is 19.2 Å². The van der Waals surface area contributed by atoms with Crippen molar-refractivity contribution in [3.8, 4) is 5.75 Å². The van der Waals surface area contributed by atoms with Crippen LogP contribution in [0.1, 0.15) is 46.7 Å². The van der Waals surface area contributed by atoms with Gasteiger partial charge in [0.25, 0.3) is 0 Å². The first-order valence-electron chi connectivity index (χ1n) is 9.77. The van der Waals surface area contributed by atoms with Crippen LogP contribution in [0.2, 0.25) is 0 Å². The Balaban J connectivity index is 0.00000300. The van der Waals surface area contributed by atoms with E-state index in [1.807, 2.05) is 18.2 Å². The zero-order valence-corrected chi connectivity index (χ0v) is 18.1. The van der Waals surface area contributed by atoms with Gasteiger partial charge in [0.1, 0.15) is 5.75 Å². The minimum Gasteiger partial charge on any atom is -0.497 e. The third-order valence-electron chi connectivity index (χ3n) is 5.51. The number of carbonyl (C=O) groups is 1. The molecule has 2 atom stereocenters. The lowest BCUT2D eigenvalue weighted by Crippen LogP contribution is -2.29. The van der Waals surface area contributed by atoms with Gasteiger partial charge >= 0.3 is 5.97 Å². The van der Waals surface area contributed by atoms with Gasteiger partial charge in [0.2, 0.25) is 0 Å². The van der Waals surface area contributed by atoms with Crippen molar-refractivity contribution in [2.75, 3.05) is 27.7 Å². The Kier molecular flexibility index (Phi) is 8.30. The predicted octanol–water partition coefficient (Wildman–Crippen LogP) is 5.34. The van der Waals surface area contributed by atoms with Crippen molar-refractivity contribution in [2.24, 2.45) is 5.92 Å². The first-order chi connectivity index (χ1) is 13.5. The van der Waals surface area contributed by atoms with Crippen LogP contribution in [-0.4, -0.2) is 43.7 Å². The molecule has 1 saturated carbocycles. The number of aromatic carboxylic acids is 1. The van der Waals surface area contributed by atoms with Crippen molar-refractivity contribution in [1.29, 1.82) is 0 Å². The minimum absolute atomic E-state index is 0. The van der Waals surface area contributed by atoms with E-state index in [9.17, 15) is 9.90 Å². The Bertz CT molecular complexity index is 863. The summed E-state index contributed by atoms with van der Waals surface area (Å²) >= 11 is 0. The second-order valence-electron chi connectivity index (χ2n) is 7.88. The Labute approximate surface area is 179 Å². The van der Waals surface area contributed by atoms with Gasteiger partial charge in [-0.3, -0.25) is 0 Å². The minimum atomic E-state index is -0.885. The SMILES string of the molecule is COc1cccc([C@@H]2C/C(=C\c3cccc(C(=O)O)c3)CC[C@H]2CN(C)C)c1.Cl. The summed E-state index contributed by atoms with van der Waals surface area (Å²) in [5.74, 6) is 1.03. The lowest BCUT2D eigenvalue weighted by molar-refractivity contribution is 0.0697. The lowest BCUT2D eigenvalue weighted by Gasteiger charge is -2.35. The molecule has 1 aliphatic rings. The fourth-order valence-corrected chi connectivity index (χ4v) is 4.20. The normalized spacial score (nSPS) is 20.3. The van der Waals surface area contributed by atoms with Crippen LogP contribution in [0.3, 0.4) is 0 Å². The Morgan fingerprint density at radius 1 is 1.21 bits per heavy atom. The van der Waals surface area contributed by atoms with Gasteiger partial charge in [-0.2, -0.15) is 0 Å². The monoisotopic (exact) mass is 415 g/mol. The quantitative estimate of drug-likeness (QED) is 0.691. The zero-order chi connectivity index (χ0) is 20.1. The topological polar surface area (TPSA) is 49.8 Å². The number of hydrogen-bond donors (Lipinski definition) is 1. The fourth-order valence-electron chi connectivity index (χ4n) is 4.20. The Hall–Kier alpha value is -2.30. The van der Waals surface area contributed by atoms with Gasteiger partial charge in [-0.25, -0.2) is 4.79 Å². The molecular formula is C24H30ClNO3. The molecule has 0 spiro atoms. The summed E-state index contributed by atoms with van der Waals surface area (Å²) < 4.78 is 5.44. The summed E-state index contributed by atoms with van der Waals surface area (Å²) in [6.07, 6.45) is 5.34. The molecule has 0 amide bonds. The molecule has 0 aliphatic heterocycles. The standard InChI is InChI=1S/C24H29NO3.ClH/c1-25(2)16-21-11-10-18(12-17-6-4-8-20(13-17)24(26)27)14-23(21)19-7-5-9-22(15-19)28-3;/h4-9,12-13,15,21,23H,10-11,14,16H2,1-3H3,(H,26,27);1H/b18-12-;/t21-,23-;/m0./s1. The molecule has 0 saturated heterocycles. The molecule has 3 rings (SSSR count). The summed E-state index contributed by atoms with van der Waals surface area (Å²) in [5.41, 5.74) is 3.99. The van der Waals surface area contributed by atoms with E-state index in [2.05, 4.69) is 43.3 Å². The van der Waals surface area contributed by atoms with Crippen LogP contribution in [0.25, 0.3) is 6.08 Å². The van der Waals surface area contributed by atoms with Gasteiger partial charge in [-0.05, 0) is 80.6 Å². The number of halogens is 1. The van der Waals surface area contributed by atoms with E-state index in [0.717, 1.165) is 37.1 Å². The first kappa shape index (κ1) is 23.0. The van der Waals surface area contributed by atoms with Gasteiger partial charge < -0.3 is 14.7 Å². The largest absolute Gasteiger partial charge is 0.497 e. The van der Waals surface area contributed by atoms with Crippen LogP contribution in [0.15, 0.2) is 54.1 Å². The van der Waals surface area contributed by atoms with Crippen LogP contribution in [0, 0.1) is 5.92 Å². The molecule has 0 bridgehead atoms. The molecule has 2 aromatic carbocycles. The molecule has 1 N–H and O–H groups in total. The summed E-state index contributed by atoms with van der Waals surface area (Å²) in [5, 5.41) is 9.24. The van der Waals surface area contributed by atoms with Crippen molar-refractivity contribution in [2.45, 2.75) is 25.2 Å². The van der Waals surface area contributed by atoms with Crippen LogP contribution < -0.4 is 4.74 Å². The van der Waals surface area contributed by atoms with E-state index < -0.39 is 5.97 Å². The Morgan fingerprint density at radius 3 is 2.66 bits per heavy atom. The summed E-state index contributed by atoms with van der Waals surface area (Å²) in [6.45, 7) is 1.06. The van der Waals surface area contributed by atoms with E-state index in [1.165, 1.54) is 11.1 Å². The molecule has 2 aromatic rings. The average molecular weight is 416 g/mol. The second-order valence-corrected chi connectivity index (χ2v) is 7.88. The number of ether oxygens (including phenoxy) is 1. The Morgan fingerprint density at radius 2 is 1.97 bits per heavy atom. The van der Waals surface area contributed by atoms with Crippen molar-refractivity contribution < 1.29 is 14.6 Å². The smallest absolute Gasteiger partial charge is 0.335 e. The highest BCUT2D eigenvalue weighted by molar-refractivity contribution is 5.88. The summed E-state index contributed by atoms with van der Waals surface area (Å²) in [7, 11) is 5.97. The van der Waals surface area contributed by atoms with E-state index in [-0.39, 0.29) is 12.4 Å². The molecule has 29 heavy (non-hydrogen) atoms. The highest BCUT2D eigenvalue weighted by Gasteiger charge is 2.29. The second kappa shape index (κ2) is 10.5. The van der Waals surface area contributed by atoms with Crippen LogP contribution >= 0.6 is 12.4 Å². The first-order valence-corrected chi connectivity index (χ1v) is 9.77. The summed E-state index contributed by atoms with van der Waals surface area (Å²) in [6, 6.07) is 15.6. The molecule has 1 aliphatic carbocycles. The van der Waals surface area contributed by atoms with Crippen LogP contribution in [-0.2, 0) is 0 Å². The molecule has 0 unspecified atom stereocenters. The molecule has 1 fully saturated rings. The average Bonchev–Trinajstić information content (AvgIpc) is 2.69. The van der Waals surface area contributed by atoms with E-state index in [4.69, 9.17) is 4.74 Å². The van der Waals surface area contributed by atoms with Crippen molar-refractivity contribution in [1.82, 2.24) is 4.90 Å². The fraction of sp³-hybridized carbons (Fsp3) is 0.375. The van der Waals surface area contributed by atoms with Crippen molar-refractivity contribution in [3.63, 3.8) is 0 Å². The number of rotatable bonds is 6.